The molecule has 0 fully saturated rings. The largest absolute Gasteiger partial charge is 0.384 e. The van der Waals surface area contributed by atoms with Gasteiger partial charge in [-0.15, -0.1) is 0 Å². The minimum absolute atomic E-state index is 0.00302. The Morgan fingerprint density at radius 3 is 2.61 bits per heavy atom. The lowest BCUT2D eigenvalue weighted by Gasteiger charge is -2.20. The molecule has 4 N–H and O–H groups in total. The Morgan fingerprint density at radius 1 is 0.968 bits per heavy atom. The highest BCUT2D eigenvalue weighted by Crippen LogP contribution is 2.46. The molecule has 0 bridgehead atoms. The zero-order chi connectivity index (χ0) is 21.5. The van der Waals surface area contributed by atoms with E-state index in [0.29, 0.717) is 24.3 Å². The fraction of sp³-hybridized carbons (Fsp3) is 0.136. The molecular weight excluding hydrogens is 398 g/mol. The van der Waals surface area contributed by atoms with Crippen molar-refractivity contribution in [3.8, 4) is 5.69 Å². The number of anilines is 2. The summed E-state index contributed by atoms with van der Waals surface area (Å²) in [6, 6.07) is 10.2. The van der Waals surface area contributed by atoms with E-state index in [1.165, 1.54) is 4.57 Å². The van der Waals surface area contributed by atoms with E-state index in [9.17, 15) is 19.2 Å². The highest BCUT2D eigenvalue weighted by Gasteiger charge is 2.51. The molecule has 31 heavy (non-hydrogen) atoms. The summed E-state index contributed by atoms with van der Waals surface area (Å²) in [5.74, 6) is -0.866. The molecule has 3 aliphatic rings. The van der Waals surface area contributed by atoms with Crippen LogP contribution < -0.4 is 21.9 Å². The van der Waals surface area contributed by atoms with E-state index in [-0.39, 0.29) is 22.9 Å². The summed E-state index contributed by atoms with van der Waals surface area (Å²) in [7, 11) is 0. The van der Waals surface area contributed by atoms with Gasteiger partial charge in [0.15, 0.2) is 0 Å². The topological polar surface area (TPSA) is 136 Å². The Hall–Kier alpha value is -4.27. The van der Waals surface area contributed by atoms with E-state index in [1.54, 1.807) is 12.3 Å². The molecule has 9 heteroatoms. The van der Waals surface area contributed by atoms with Crippen LogP contribution in [0, 0.1) is 0 Å². The standard InChI is InChI=1S/C22H15N5O4/c23-17-16-13(19(29)26-20(16)30)7-15(28)27(17)12-4-3-10-8-22(9-11(10)6-12)14-2-1-5-24-18(14)25-21(22)31/h1-7H,8-9,23H2,(H,24,25,31)(H,26,29,30). The quantitative estimate of drug-likeness (QED) is 0.502. The van der Waals surface area contributed by atoms with Crippen molar-refractivity contribution in [1.82, 2.24) is 14.9 Å². The first kappa shape index (κ1) is 17.6. The summed E-state index contributed by atoms with van der Waals surface area (Å²) in [4.78, 5) is 53.9. The first-order valence-corrected chi connectivity index (χ1v) is 9.69. The Labute approximate surface area is 174 Å². The van der Waals surface area contributed by atoms with Crippen LogP contribution in [0.5, 0.6) is 0 Å². The Balaban J connectivity index is 1.47. The van der Waals surface area contributed by atoms with E-state index in [2.05, 4.69) is 15.6 Å². The van der Waals surface area contributed by atoms with Crippen molar-refractivity contribution in [2.45, 2.75) is 18.3 Å². The molecule has 1 spiro atoms. The number of carbonyl (C=O) groups excluding carboxylic acids is 3. The molecule has 0 saturated carbocycles. The van der Waals surface area contributed by atoms with Gasteiger partial charge in [0.05, 0.1) is 22.2 Å². The average Bonchev–Trinajstić information content (AvgIpc) is 3.34. The van der Waals surface area contributed by atoms with Gasteiger partial charge in [0, 0.05) is 17.8 Å². The number of amides is 3. The van der Waals surface area contributed by atoms with Gasteiger partial charge in [-0.1, -0.05) is 12.1 Å². The van der Waals surface area contributed by atoms with Crippen molar-refractivity contribution in [3.63, 3.8) is 0 Å². The minimum Gasteiger partial charge on any atom is -0.384 e. The second-order valence-electron chi connectivity index (χ2n) is 8.02. The lowest BCUT2D eigenvalue weighted by atomic mass is 9.79. The number of hydrogen-bond donors (Lipinski definition) is 3. The van der Waals surface area contributed by atoms with Crippen LogP contribution >= 0.6 is 0 Å². The molecule has 6 rings (SSSR count). The first-order chi connectivity index (χ1) is 14.9. The van der Waals surface area contributed by atoms with Crippen molar-refractivity contribution in [3.05, 3.63) is 80.8 Å². The fourth-order valence-corrected chi connectivity index (χ4v) is 4.94. The fourth-order valence-electron chi connectivity index (χ4n) is 4.94. The molecule has 2 aliphatic heterocycles. The lowest BCUT2D eigenvalue weighted by molar-refractivity contribution is -0.120. The van der Waals surface area contributed by atoms with Gasteiger partial charge in [-0.2, -0.15) is 0 Å². The SMILES string of the molecule is Nc1c2c(cc(=O)n1-c1ccc3c(c1)CC1(C3)C(=O)Nc3ncccc31)C(=O)NC2=O. The van der Waals surface area contributed by atoms with E-state index in [0.717, 1.165) is 22.8 Å². The molecule has 152 valence electrons. The smallest absolute Gasteiger partial charge is 0.262 e. The van der Waals surface area contributed by atoms with E-state index < -0.39 is 22.8 Å². The average molecular weight is 413 g/mol. The van der Waals surface area contributed by atoms with Crippen LogP contribution in [0.4, 0.5) is 11.6 Å². The second kappa shape index (κ2) is 5.66. The highest BCUT2D eigenvalue weighted by atomic mass is 16.2. The van der Waals surface area contributed by atoms with Gasteiger partial charge >= 0.3 is 0 Å². The lowest BCUT2D eigenvalue weighted by Crippen LogP contribution is -2.35. The summed E-state index contributed by atoms with van der Waals surface area (Å²) in [5.41, 5.74) is 8.12. The number of hydrogen-bond acceptors (Lipinski definition) is 6. The molecule has 0 saturated heterocycles. The van der Waals surface area contributed by atoms with Crippen molar-refractivity contribution in [2.24, 2.45) is 0 Å². The third-order valence-corrected chi connectivity index (χ3v) is 6.38. The van der Waals surface area contributed by atoms with Crippen LogP contribution in [0.3, 0.4) is 0 Å². The molecule has 1 unspecified atom stereocenters. The molecule has 4 heterocycles. The van der Waals surface area contributed by atoms with Crippen molar-refractivity contribution in [2.75, 3.05) is 11.1 Å². The summed E-state index contributed by atoms with van der Waals surface area (Å²) >= 11 is 0. The van der Waals surface area contributed by atoms with Crippen LogP contribution in [0.1, 0.15) is 37.4 Å². The molecule has 1 aliphatic carbocycles. The van der Waals surface area contributed by atoms with Crippen LogP contribution in [-0.4, -0.2) is 27.3 Å². The third-order valence-electron chi connectivity index (χ3n) is 6.38. The Kier molecular flexibility index (Phi) is 3.21. The maximum Gasteiger partial charge on any atom is 0.262 e. The highest BCUT2D eigenvalue weighted by molar-refractivity contribution is 6.23. The summed E-state index contributed by atoms with van der Waals surface area (Å²) in [5, 5.41) is 5.02. The van der Waals surface area contributed by atoms with E-state index in [1.807, 2.05) is 24.3 Å². The summed E-state index contributed by atoms with van der Waals surface area (Å²) in [6.07, 6.45) is 2.63. The molecule has 1 atom stereocenters. The molecule has 1 aromatic carbocycles. The predicted octanol–water partition coefficient (Wildman–Crippen LogP) is 0.687. The molecule has 2 aromatic heterocycles. The van der Waals surface area contributed by atoms with Crippen LogP contribution in [-0.2, 0) is 23.1 Å². The predicted molar refractivity (Wildman–Crippen MR) is 110 cm³/mol. The first-order valence-electron chi connectivity index (χ1n) is 9.69. The Bertz CT molecular complexity index is 1440. The summed E-state index contributed by atoms with van der Waals surface area (Å²) < 4.78 is 1.21. The van der Waals surface area contributed by atoms with Gasteiger partial charge in [0.25, 0.3) is 17.4 Å². The number of imide groups is 1. The van der Waals surface area contributed by atoms with Gasteiger partial charge in [0.1, 0.15) is 11.6 Å². The number of nitrogens with one attached hydrogen (secondary N) is 2. The number of carbonyl (C=O) groups is 3. The van der Waals surface area contributed by atoms with E-state index >= 15 is 0 Å². The molecular formula is C22H15N5O4. The zero-order valence-corrected chi connectivity index (χ0v) is 16.1. The van der Waals surface area contributed by atoms with Crippen LogP contribution in [0.25, 0.3) is 5.69 Å². The van der Waals surface area contributed by atoms with E-state index in [4.69, 9.17) is 5.73 Å². The second-order valence-corrected chi connectivity index (χ2v) is 8.02. The third kappa shape index (κ3) is 2.17. The number of benzene rings is 1. The van der Waals surface area contributed by atoms with Crippen LogP contribution in [0.2, 0.25) is 0 Å². The number of nitrogen functional groups attached to an aromatic ring is 1. The molecule has 0 radical (unpaired) electrons. The monoisotopic (exact) mass is 413 g/mol. The van der Waals surface area contributed by atoms with Gasteiger partial charge in [-0.25, -0.2) is 4.98 Å². The van der Waals surface area contributed by atoms with Gasteiger partial charge in [-0.05, 0) is 42.2 Å². The van der Waals surface area contributed by atoms with Crippen molar-refractivity contribution in [1.29, 1.82) is 0 Å². The number of aromatic nitrogens is 2. The number of nitrogens with two attached hydrogens (primary N) is 1. The van der Waals surface area contributed by atoms with Gasteiger partial charge in [-0.3, -0.25) is 29.1 Å². The number of fused-ring (bicyclic) bond motifs is 4. The minimum atomic E-state index is -0.731. The normalized spacial score (nSPS) is 20.5. The number of rotatable bonds is 1. The van der Waals surface area contributed by atoms with Crippen molar-refractivity contribution < 1.29 is 14.4 Å². The van der Waals surface area contributed by atoms with Gasteiger partial charge in [0.2, 0.25) is 5.91 Å². The number of pyridine rings is 2. The maximum atomic E-state index is 12.9. The summed E-state index contributed by atoms with van der Waals surface area (Å²) in [6.45, 7) is 0. The van der Waals surface area contributed by atoms with Crippen LogP contribution in [0.15, 0.2) is 47.4 Å². The number of nitrogens with zero attached hydrogens (tertiary/aromatic N) is 2. The maximum absolute atomic E-state index is 12.9. The van der Waals surface area contributed by atoms with Crippen molar-refractivity contribution >= 4 is 29.4 Å². The molecule has 3 amide bonds. The zero-order valence-electron chi connectivity index (χ0n) is 16.1. The molecule has 9 nitrogen and oxygen atoms in total. The Morgan fingerprint density at radius 2 is 1.77 bits per heavy atom. The molecule has 3 aromatic rings. The van der Waals surface area contributed by atoms with Gasteiger partial charge < -0.3 is 11.1 Å².